The predicted molar refractivity (Wildman–Crippen MR) is 83.6 cm³/mol. The van der Waals surface area contributed by atoms with E-state index in [4.69, 9.17) is 4.74 Å². The minimum Gasteiger partial charge on any atom is -0.378 e. The first kappa shape index (κ1) is 17.8. The van der Waals surface area contributed by atoms with E-state index in [2.05, 4.69) is 10.0 Å². The van der Waals surface area contributed by atoms with Crippen molar-refractivity contribution in [1.82, 2.24) is 10.0 Å². The molecule has 2 N–H and O–H groups in total. The molecule has 1 heterocycles. The lowest BCUT2D eigenvalue weighted by Crippen LogP contribution is -2.35. The third-order valence-electron chi connectivity index (χ3n) is 3.54. The van der Waals surface area contributed by atoms with Gasteiger partial charge in [0, 0.05) is 19.7 Å². The minimum absolute atomic E-state index is 0.0459. The average molecular weight is 344 g/mol. The van der Waals surface area contributed by atoms with Crippen molar-refractivity contribution in [2.24, 2.45) is 0 Å². The van der Waals surface area contributed by atoms with E-state index in [0.717, 1.165) is 12.8 Å². The number of ether oxygens (including phenoxy) is 1. The van der Waals surface area contributed by atoms with E-state index >= 15 is 0 Å². The van der Waals surface area contributed by atoms with Crippen LogP contribution in [0.1, 0.15) is 24.8 Å². The number of benzene rings is 1. The third-order valence-corrected chi connectivity index (χ3v) is 4.87. The molecule has 0 radical (unpaired) electrons. The molecule has 6 nitrogen and oxygen atoms in total. The number of hydrogen-bond acceptors (Lipinski definition) is 4. The van der Waals surface area contributed by atoms with Crippen LogP contribution in [-0.2, 0) is 26.1 Å². The molecule has 0 aromatic heterocycles. The number of carbonyl (C=O) groups is 1. The lowest BCUT2D eigenvalue weighted by molar-refractivity contribution is -0.123. The molecule has 1 fully saturated rings. The van der Waals surface area contributed by atoms with E-state index in [9.17, 15) is 17.6 Å². The summed E-state index contributed by atoms with van der Waals surface area (Å²) in [6.07, 6.45) is 2.04. The molecule has 128 valence electrons. The maximum atomic E-state index is 12.8. The number of amides is 1. The number of hydrogen-bond donors (Lipinski definition) is 2. The Bertz CT molecular complexity index is 613. The van der Waals surface area contributed by atoms with Gasteiger partial charge in [-0.15, -0.1) is 0 Å². The molecule has 1 amide bonds. The number of nitrogens with one attached hydrogen (secondary N) is 2. The second-order valence-corrected chi connectivity index (χ2v) is 7.38. The standard InChI is InChI=1S/C15H21FN2O4S/c16-13-5-3-12(4-6-13)11-18-23(20,21)9-7-17-15(19)10-14-2-1-8-22-14/h3-6,14,18H,1-2,7-11H2,(H,17,19). The van der Waals surface area contributed by atoms with E-state index in [-0.39, 0.29) is 43.1 Å². The van der Waals surface area contributed by atoms with E-state index in [1.807, 2.05) is 0 Å². The minimum atomic E-state index is -3.50. The maximum Gasteiger partial charge on any atom is 0.222 e. The van der Waals surface area contributed by atoms with Crippen LogP contribution in [0.2, 0.25) is 0 Å². The van der Waals surface area contributed by atoms with E-state index in [1.54, 1.807) is 0 Å². The van der Waals surface area contributed by atoms with Gasteiger partial charge in [0.1, 0.15) is 5.82 Å². The lowest BCUT2D eigenvalue weighted by Gasteiger charge is -2.10. The fraction of sp³-hybridized carbons (Fsp3) is 0.533. The van der Waals surface area contributed by atoms with Crippen LogP contribution in [0.3, 0.4) is 0 Å². The molecule has 0 bridgehead atoms. The highest BCUT2D eigenvalue weighted by Crippen LogP contribution is 2.14. The second kappa shape index (κ2) is 8.37. The van der Waals surface area contributed by atoms with Gasteiger partial charge in [0.25, 0.3) is 0 Å². The Labute approximate surface area is 135 Å². The van der Waals surface area contributed by atoms with Crippen molar-refractivity contribution >= 4 is 15.9 Å². The summed E-state index contributed by atoms with van der Waals surface area (Å²) in [5.41, 5.74) is 0.664. The molecule has 0 saturated carbocycles. The van der Waals surface area contributed by atoms with Gasteiger partial charge in [-0.25, -0.2) is 17.5 Å². The molecule has 23 heavy (non-hydrogen) atoms. The van der Waals surface area contributed by atoms with Crippen LogP contribution >= 0.6 is 0 Å². The Morgan fingerprint density at radius 2 is 2.04 bits per heavy atom. The molecule has 1 aliphatic heterocycles. The topological polar surface area (TPSA) is 84.5 Å². The molecule has 1 aromatic rings. The molecule has 1 unspecified atom stereocenters. The average Bonchev–Trinajstić information content (AvgIpc) is 2.99. The molecular formula is C15H21FN2O4S. The van der Waals surface area contributed by atoms with Crippen LogP contribution in [0.5, 0.6) is 0 Å². The van der Waals surface area contributed by atoms with Crippen LogP contribution in [0.25, 0.3) is 0 Å². The Morgan fingerprint density at radius 1 is 1.30 bits per heavy atom. The van der Waals surface area contributed by atoms with Crippen LogP contribution in [0.4, 0.5) is 4.39 Å². The summed E-state index contributed by atoms with van der Waals surface area (Å²) in [7, 11) is -3.50. The normalized spacial score (nSPS) is 18.0. The number of halogens is 1. The van der Waals surface area contributed by atoms with Crippen molar-refractivity contribution in [3.8, 4) is 0 Å². The number of carbonyl (C=O) groups excluding carboxylic acids is 1. The van der Waals surface area contributed by atoms with Crippen molar-refractivity contribution in [2.75, 3.05) is 18.9 Å². The van der Waals surface area contributed by atoms with Gasteiger partial charge in [0.05, 0.1) is 18.3 Å². The van der Waals surface area contributed by atoms with E-state index < -0.39 is 10.0 Å². The number of rotatable bonds is 8. The van der Waals surface area contributed by atoms with E-state index in [0.29, 0.717) is 12.2 Å². The first-order valence-electron chi connectivity index (χ1n) is 7.55. The van der Waals surface area contributed by atoms with Crippen LogP contribution in [0, 0.1) is 5.82 Å². The Hall–Kier alpha value is -1.51. The molecule has 2 rings (SSSR count). The molecule has 1 saturated heterocycles. The molecular weight excluding hydrogens is 323 g/mol. The highest BCUT2D eigenvalue weighted by atomic mass is 32.2. The Kier molecular flexibility index (Phi) is 6.49. The van der Waals surface area contributed by atoms with Gasteiger partial charge in [-0.2, -0.15) is 0 Å². The SMILES string of the molecule is O=C(CC1CCCO1)NCCS(=O)(=O)NCc1ccc(F)cc1. The largest absolute Gasteiger partial charge is 0.378 e. The zero-order valence-corrected chi connectivity index (χ0v) is 13.6. The monoisotopic (exact) mass is 344 g/mol. The third kappa shape index (κ3) is 6.64. The lowest BCUT2D eigenvalue weighted by atomic mass is 10.2. The van der Waals surface area contributed by atoms with Gasteiger partial charge in [-0.1, -0.05) is 12.1 Å². The van der Waals surface area contributed by atoms with Crippen molar-refractivity contribution in [1.29, 1.82) is 0 Å². The van der Waals surface area contributed by atoms with Gasteiger partial charge in [0.2, 0.25) is 15.9 Å². The zero-order chi connectivity index (χ0) is 16.7. The van der Waals surface area contributed by atoms with Gasteiger partial charge < -0.3 is 10.1 Å². The van der Waals surface area contributed by atoms with Gasteiger partial charge in [-0.05, 0) is 30.5 Å². The first-order chi connectivity index (χ1) is 10.9. The summed E-state index contributed by atoms with van der Waals surface area (Å²) in [6, 6.07) is 5.58. The maximum absolute atomic E-state index is 12.8. The highest BCUT2D eigenvalue weighted by Gasteiger charge is 2.19. The molecule has 1 aliphatic rings. The molecule has 8 heteroatoms. The second-order valence-electron chi connectivity index (χ2n) is 5.46. The summed E-state index contributed by atoms with van der Waals surface area (Å²) in [4.78, 5) is 11.7. The smallest absolute Gasteiger partial charge is 0.222 e. The summed E-state index contributed by atoms with van der Waals surface area (Å²) >= 11 is 0. The highest BCUT2D eigenvalue weighted by molar-refractivity contribution is 7.89. The van der Waals surface area contributed by atoms with Crippen molar-refractivity contribution < 1.29 is 22.3 Å². The van der Waals surface area contributed by atoms with E-state index in [1.165, 1.54) is 24.3 Å². The summed E-state index contributed by atoms with van der Waals surface area (Å²) < 4.78 is 44.2. The van der Waals surface area contributed by atoms with Gasteiger partial charge >= 0.3 is 0 Å². The molecule has 1 aromatic carbocycles. The fourth-order valence-corrected chi connectivity index (χ4v) is 3.18. The van der Waals surface area contributed by atoms with Crippen LogP contribution in [0.15, 0.2) is 24.3 Å². The van der Waals surface area contributed by atoms with Crippen LogP contribution < -0.4 is 10.0 Å². The quantitative estimate of drug-likeness (QED) is 0.735. The van der Waals surface area contributed by atoms with Crippen molar-refractivity contribution in [2.45, 2.75) is 31.9 Å². The fourth-order valence-electron chi connectivity index (χ4n) is 2.28. The van der Waals surface area contributed by atoms with Gasteiger partial charge in [0.15, 0.2) is 0 Å². The first-order valence-corrected chi connectivity index (χ1v) is 9.20. The molecule has 1 atom stereocenters. The Morgan fingerprint density at radius 3 is 2.70 bits per heavy atom. The summed E-state index contributed by atoms with van der Waals surface area (Å²) in [5, 5.41) is 2.58. The zero-order valence-electron chi connectivity index (χ0n) is 12.8. The van der Waals surface area contributed by atoms with Gasteiger partial charge in [-0.3, -0.25) is 4.79 Å². The van der Waals surface area contributed by atoms with Crippen molar-refractivity contribution in [3.05, 3.63) is 35.6 Å². The molecule has 0 spiro atoms. The number of sulfonamides is 1. The van der Waals surface area contributed by atoms with Crippen molar-refractivity contribution in [3.63, 3.8) is 0 Å². The predicted octanol–water partition coefficient (Wildman–Crippen LogP) is 0.930. The summed E-state index contributed by atoms with van der Waals surface area (Å²) in [6.45, 7) is 0.816. The van der Waals surface area contributed by atoms with Crippen LogP contribution in [-0.4, -0.2) is 39.3 Å². The summed E-state index contributed by atoms with van der Waals surface area (Å²) in [5.74, 6) is -0.776. The Balaban J connectivity index is 1.66. The molecule has 0 aliphatic carbocycles.